The molecule has 0 atom stereocenters. The van der Waals surface area contributed by atoms with Crippen molar-refractivity contribution in [2.45, 2.75) is 0 Å². The maximum atomic E-state index is 6.62. The van der Waals surface area contributed by atoms with Gasteiger partial charge in [-0.15, -0.1) is 0 Å². The molecule has 4 heterocycles. The fourth-order valence-corrected chi connectivity index (χ4v) is 5.15. The van der Waals surface area contributed by atoms with E-state index in [4.69, 9.17) is 39.8 Å². The number of imidazole rings is 1. The molecule has 1 aliphatic heterocycles. The van der Waals surface area contributed by atoms with Gasteiger partial charge in [0.1, 0.15) is 12.2 Å². The minimum absolute atomic E-state index is 0.508. The number of nitrogens with zero attached hydrogens (tertiary/aromatic N) is 7. The third-order valence-corrected chi connectivity index (χ3v) is 7.09. The molecule has 0 N–H and O–H groups in total. The molecule has 1 aliphatic rings. The Labute approximate surface area is 222 Å². The van der Waals surface area contributed by atoms with Gasteiger partial charge in [-0.1, -0.05) is 34.8 Å². The predicted molar refractivity (Wildman–Crippen MR) is 146 cm³/mol. The molecule has 1 fully saturated rings. The fraction of sp³-hybridized carbons (Fsp3) is 0.154. The first-order chi connectivity index (χ1) is 17.6. The number of anilines is 2. The summed E-state index contributed by atoms with van der Waals surface area (Å²) in [5, 5.41) is 1.72. The molecule has 10 heteroatoms. The molecule has 7 nitrogen and oxygen atoms in total. The Morgan fingerprint density at radius 2 is 1.39 bits per heavy atom. The van der Waals surface area contributed by atoms with Crippen molar-refractivity contribution in [1.29, 1.82) is 0 Å². The van der Waals surface area contributed by atoms with E-state index in [2.05, 4.69) is 24.8 Å². The van der Waals surface area contributed by atoms with Gasteiger partial charge in [-0.2, -0.15) is 0 Å². The van der Waals surface area contributed by atoms with E-state index in [1.54, 1.807) is 18.5 Å². The Morgan fingerprint density at radius 3 is 2.11 bits per heavy atom. The number of piperazine rings is 1. The highest BCUT2D eigenvalue weighted by Gasteiger charge is 2.25. The lowest BCUT2D eigenvalue weighted by molar-refractivity contribution is 0.648. The summed E-state index contributed by atoms with van der Waals surface area (Å²) in [5.74, 6) is 1.46. The quantitative estimate of drug-likeness (QED) is 0.274. The van der Waals surface area contributed by atoms with Crippen LogP contribution < -0.4 is 9.80 Å². The Balaban J connectivity index is 1.45. The van der Waals surface area contributed by atoms with Crippen LogP contribution in [-0.2, 0) is 0 Å². The summed E-state index contributed by atoms with van der Waals surface area (Å²) in [6, 6.07) is 17.0. The first kappa shape index (κ1) is 23.0. The number of hydrogen-bond acceptors (Lipinski definition) is 6. The number of benzene rings is 2. The van der Waals surface area contributed by atoms with Gasteiger partial charge in [0.05, 0.1) is 5.02 Å². The summed E-state index contributed by atoms with van der Waals surface area (Å²) >= 11 is 19.0. The van der Waals surface area contributed by atoms with E-state index in [1.807, 2.05) is 59.4 Å². The van der Waals surface area contributed by atoms with Gasteiger partial charge in [-0.05, 0) is 54.6 Å². The predicted octanol–water partition coefficient (Wildman–Crippen LogP) is 6.16. The summed E-state index contributed by atoms with van der Waals surface area (Å²) in [6.07, 6.45) is 5.24. The van der Waals surface area contributed by atoms with Gasteiger partial charge in [0.25, 0.3) is 0 Å². The van der Waals surface area contributed by atoms with E-state index in [-0.39, 0.29) is 0 Å². The summed E-state index contributed by atoms with van der Waals surface area (Å²) in [5.41, 5.74) is 4.20. The van der Waals surface area contributed by atoms with Crippen LogP contribution in [0.25, 0.3) is 28.2 Å². The third-order valence-electron chi connectivity index (χ3n) is 6.29. The van der Waals surface area contributed by atoms with Crippen LogP contribution in [0.1, 0.15) is 0 Å². The Kier molecular flexibility index (Phi) is 6.13. The number of fused-ring (bicyclic) bond motifs is 1. The molecule has 6 rings (SSSR count). The van der Waals surface area contributed by atoms with Crippen molar-refractivity contribution in [3.63, 3.8) is 0 Å². The minimum Gasteiger partial charge on any atom is -0.368 e. The Hall–Kier alpha value is -3.39. The molecular weight excluding hydrogens is 517 g/mol. The van der Waals surface area contributed by atoms with Crippen molar-refractivity contribution in [2.75, 3.05) is 36.0 Å². The zero-order valence-corrected chi connectivity index (χ0v) is 21.3. The molecule has 36 heavy (non-hydrogen) atoms. The average Bonchev–Trinajstić information content (AvgIpc) is 3.29. The minimum atomic E-state index is 0.508. The topological polar surface area (TPSA) is 63.0 Å². The molecule has 3 aromatic heterocycles. The van der Waals surface area contributed by atoms with Gasteiger partial charge in [0.15, 0.2) is 17.0 Å². The summed E-state index contributed by atoms with van der Waals surface area (Å²) in [7, 11) is 0. The summed E-state index contributed by atoms with van der Waals surface area (Å²) in [4.78, 5) is 23.1. The molecular formula is C26H20Cl3N7. The molecule has 0 bridgehead atoms. The second-order valence-corrected chi connectivity index (χ2v) is 9.70. The first-order valence-corrected chi connectivity index (χ1v) is 12.6. The highest BCUT2D eigenvalue weighted by molar-refractivity contribution is 6.36. The van der Waals surface area contributed by atoms with E-state index in [0.29, 0.717) is 32.1 Å². The normalized spacial score (nSPS) is 14.0. The van der Waals surface area contributed by atoms with Crippen LogP contribution in [-0.4, -0.2) is 50.7 Å². The maximum Gasteiger partial charge on any atom is 0.170 e. The standard InChI is InChI=1S/C26H20Cl3N7/c27-17-1-4-20(5-2-17)36-24(21-6-3-18(28)15-22(21)29)33-23-25(31-16-32-26(23)36)35-13-11-34(12-14-35)19-7-9-30-10-8-19/h1-10,15-16H,11-14H2. The maximum absolute atomic E-state index is 6.62. The van der Waals surface area contributed by atoms with Crippen LogP contribution in [0.3, 0.4) is 0 Å². The second kappa shape index (κ2) is 9.58. The third kappa shape index (κ3) is 4.23. The highest BCUT2D eigenvalue weighted by Crippen LogP contribution is 2.36. The van der Waals surface area contributed by atoms with Crippen LogP contribution in [0.15, 0.2) is 73.3 Å². The van der Waals surface area contributed by atoms with Crippen LogP contribution in [0.5, 0.6) is 0 Å². The van der Waals surface area contributed by atoms with Crippen LogP contribution in [0, 0.1) is 0 Å². The largest absolute Gasteiger partial charge is 0.368 e. The van der Waals surface area contributed by atoms with Crippen LogP contribution >= 0.6 is 34.8 Å². The molecule has 0 radical (unpaired) electrons. The number of pyridine rings is 1. The van der Waals surface area contributed by atoms with Gasteiger partial charge >= 0.3 is 0 Å². The van der Waals surface area contributed by atoms with Crippen molar-refractivity contribution in [3.05, 3.63) is 88.4 Å². The molecule has 180 valence electrons. The Morgan fingerprint density at radius 1 is 0.694 bits per heavy atom. The summed E-state index contributed by atoms with van der Waals surface area (Å²) in [6.45, 7) is 3.34. The van der Waals surface area contributed by atoms with Crippen molar-refractivity contribution in [1.82, 2.24) is 24.5 Å². The van der Waals surface area contributed by atoms with Crippen molar-refractivity contribution in [2.24, 2.45) is 0 Å². The van der Waals surface area contributed by atoms with Crippen LogP contribution in [0.4, 0.5) is 11.5 Å². The van der Waals surface area contributed by atoms with E-state index in [9.17, 15) is 0 Å². The average molecular weight is 537 g/mol. The van der Waals surface area contributed by atoms with Gasteiger partial charge in [-0.3, -0.25) is 9.55 Å². The first-order valence-electron chi connectivity index (χ1n) is 11.4. The molecule has 0 aliphatic carbocycles. The van der Waals surface area contributed by atoms with Gasteiger partial charge in [0.2, 0.25) is 0 Å². The zero-order valence-electron chi connectivity index (χ0n) is 19.0. The highest BCUT2D eigenvalue weighted by atomic mass is 35.5. The van der Waals surface area contributed by atoms with Crippen LogP contribution in [0.2, 0.25) is 15.1 Å². The van der Waals surface area contributed by atoms with Gasteiger partial charge in [-0.25, -0.2) is 15.0 Å². The van der Waals surface area contributed by atoms with Crippen molar-refractivity contribution >= 4 is 57.5 Å². The molecule has 1 saturated heterocycles. The van der Waals surface area contributed by atoms with Gasteiger partial charge in [0, 0.05) is 65.6 Å². The van der Waals surface area contributed by atoms with E-state index in [1.165, 1.54) is 5.69 Å². The molecule has 0 amide bonds. The Bertz CT molecular complexity index is 1530. The van der Waals surface area contributed by atoms with Crippen molar-refractivity contribution in [3.8, 4) is 17.1 Å². The van der Waals surface area contributed by atoms with E-state index in [0.717, 1.165) is 43.2 Å². The fourth-order valence-electron chi connectivity index (χ4n) is 4.53. The lowest BCUT2D eigenvalue weighted by Crippen LogP contribution is -2.47. The number of rotatable bonds is 4. The molecule has 5 aromatic rings. The monoisotopic (exact) mass is 535 g/mol. The van der Waals surface area contributed by atoms with Crippen molar-refractivity contribution < 1.29 is 0 Å². The number of hydrogen-bond donors (Lipinski definition) is 0. The lowest BCUT2D eigenvalue weighted by Gasteiger charge is -2.36. The number of halogens is 3. The lowest BCUT2D eigenvalue weighted by atomic mass is 10.2. The summed E-state index contributed by atoms with van der Waals surface area (Å²) < 4.78 is 1.99. The van der Waals surface area contributed by atoms with E-state index >= 15 is 0 Å². The molecule has 0 spiro atoms. The SMILES string of the molecule is Clc1ccc(-n2c(-c3ccc(Cl)cc3Cl)nc3c(N4CCN(c5ccncc5)CC4)ncnc32)cc1. The second-order valence-electron chi connectivity index (χ2n) is 8.42. The molecule has 0 unspecified atom stereocenters. The molecule has 0 saturated carbocycles. The zero-order chi connectivity index (χ0) is 24.6. The smallest absolute Gasteiger partial charge is 0.170 e. The van der Waals surface area contributed by atoms with Gasteiger partial charge < -0.3 is 9.80 Å². The number of aromatic nitrogens is 5. The molecule has 2 aromatic carbocycles. The van der Waals surface area contributed by atoms with E-state index < -0.39 is 0 Å².